The van der Waals surface area contributed by atoms with Crippen LogP contribution in [0.4, 0.5) is 0 Å². The van der Waals surface area contributed by atoms with Gasteiger partial charge in [0, 0.05) is 0 Å². The number of hydrogen-bond donors (Lipinski definition) is 1. The molecule has 0 heterocycles. The summed E-state index contributed by atoms with van der Waals surface area (Å²) in [5.74, 6) is 1.69. The quantitative estimate of drug-likeness (QED) is 0.464. The third-order valence-electron chi connectivity index (χ3n) is 3.49. The topological polar surface area (TPSA) is 0 Å². The molecule has 0 aromatic rings. The van der Waals surface area contributed by atoms with E-state index in [4.69, 9.17) is 0 Å². The van der Waals surface area contributed by atoms with Crippen LogP contribution in [0.1, 0.15) is 47.0 Å². The van der Waals surface area contributed by atoms with Crippen LogP contribution in [0.15, 0.2) is 24.3 Å². The maximum atomic E-state index is 4.57. The lowest BCUT2D eigenvalue weighted by molar-refractivity contribution is 0.209. The minimum atomic E-state index is 0.344. The zero-order valence-corrected chi connectivity index (χ0v) is 11.6. The molecule has 0 saturated heterocycles. The molecule has 0 rings (SSSR count). The molecule has 0 nitrogen and oxygen atoms in total. The second kappa shape index (κ2) is 8.04. The van der Waals surface area contributed by atoms with Crippen LogP contribution in [0.5, 0.6) is 0 Å². The Labute approximate surface area is 101 Å². The van der Waals surface area contributed by atoms with Crippen molar-refractivity contribution in [3.05, 3.63) is 24.3 Å². The minimum Gasteiger partial charge on any atom is -0.179 e. The summed E-state index contributed by atoms with van der Waals surface area (Å²) in [5.41, 5.74) is 0.344. The third-order valence-corrected chi connectivity index (χ3v) is 4.12. The van der Waals surface area contributed by atoms with Crippen LogP contribution in [-0.4, -0.2) is 5.75 Å². The summed E-state index contributed by atoms with van der Waals surface area (Å²) in [5, 5.41) is 0. The monoisotopic (exact) mass is 226 g/mol. The predicted octanol–water partition coefficient (Wildman–Crippen LogP) is 4.88. The van der Waals surface area contributed by atoms with Crippen molar-refractivity contribution >= 4 is 12.6 Å². The van der Waals surface area contributed by atoms with E-state index < -0.39 is 0 Å². The maximum absolute atomic E-state index is 4.57. The first kappa shape index (κ1) is 14.8. The summed E-state index contributed by atoms with van der Waals surface area (Å²) >= 11 is 4.57. The first-order valence-electron chi connectivity index (χ1n) is 6.00. The van der Waals surface area contributed by atoms with Crippen molar-refractivity contribution in [2.75, 3.05) is 5.75 Å². The normalized spacial score (nSPS) is 18.5. The molecule has 0 aromatic heterocycles. The van der Waals surface area contributed by atoms with Crippen molar-refractivity contribution in [1.29, 1.82) is 0 Å². The molecule has 2 atom stereocenters. The van der Waals surface area contributed by atoms with Gasteiger partial charge in [-0.1, -0.05) is 44.6 Å². The maximum Gasteiger partial charge on any atom is -0.00327 e. The Morgan fingerprint density at radius 2 is 1.60 bits per heavy atom. The van der Waals surface area contributed by atoms with E-state index in [1.165, 1.54) is 6.42 Å². The second-order valence-electron chi connectivity index (χ2n) is 4.38. The average Bonchev–Trinajstić information content (AvgIpc) is 2.29. The van der Waals surface area contributed by atoms with Crippen LogP contribution < -0.4 is 0 Å². The van der Waals surface area contributed by atoms with Crippen LogP contribution in [0.2, 0.25) is 0 Å². The smallest absolute Gasteiger partial charge is 0.00327 e. The van der Waals surface area contributed by atoms with Gasteiger partial charge in [0.15, 0.2) is 0 Å². The highest BCUT2D eigenvalue weighted by Gasteiger charge is 2.31. The molecule has 2 unspecified atom stereocenters. The Balaban J connectivity index is 4.73. The van der Waals surface area contributed by atoms with E-state index in [2.05, 4.69) is 64.6 Å². The fraction of sp³-hybridized carbons (Fsp3) is 0.714. The van der Waals surface area contributed by atoms with E-state index in [0.717, 1.165) is 24.5 Å². The predicted molar refractivity (Wildman–Crippen MR) is 74.6 cm³/mol. The summed E-state index contributed by atoms with van der Waals surface area (Å²) in [6.07, 6.45) is 12.4. The fourth-order valence-corrected chi connectivity index (χ4v) is 2.48. The molecule has 0 amide bonds. The molecule has 1 heteroatoms. The van der Waals surface area contributed by atoms with Gasteiger partial charge in [0.2, 0.25) is 0 Å². The summed E-state index contributed by atoms with van der Waals surface area (Å²) in [4.78, 5) is 0. The Morgan fingerprint density at radius 3 is 1.87 bits per heavy atom. The first-order chi connectivity index (χ1) is 7.16. The summed E-state index contributed by atoms with van der Waals surface area (Å²) in [6.45, 7) is 8.81. The van der Waals surface area contributed by atoms with E-state index in [1.54, 1.807) is 0 Å². The Bertz CT molecular complexity index is 189. The molecule has 0 spiro atoms. The Morgan fingerprint density at radius 1 is 1.13 bits per heavy atom. The first-order valence-corrected chi connectivity index (χ1v) is 6.63. The Hall–Kier alpha value is -0.170. The van der Waals surface area contributed by atoms with Crippen molar-refractivity contribution in [3.8, 4) is 0 Å². The molecule has 0 bridgehead atoms. The zero-order valence-electron chi connectivity index (χ0n) is 10.7. The van der Waals surface area contributed by atoms with Crippen molar-refractivity contribution in [3.63, 3.8) is 0 Å². The number of rotatable bonds is 7. The number of hydrogen-bond acceptors (Lipinski definition) is 1. The molecule has 0 aromatic carbocycles. The van der Waals surface area contributed by atoms with Crippen molar-refractivity contribution in [2.45, 2.75) is 47.0 Å². The summed E-state index contributed by atoms with van der Waals surface area (Å²) in [6, 6.07) is 0. The van der Waals surface area contributed by atoms with E-state index >= 15 is 0 Å². The van der Waals surface area contributed by atoms with E-state index in [1.807, 2.05) is 0 Å². The van der Waals surface area contributed by atoms with Gasteiger partial charge in [0.25, 0.3) is 0 Å². The van der Waals surface area contributed by atoms with E-state index in [0.29, 0.717) is 5.41 Å². The van der Waals surface area contributed by atoms with Gasteiger partial charge >= 0.3 is 0 Å². The van der Waals surface area contributed by atoms with Crippen LogP contribution in [-0.2, 0) is 0 Å². The highest BCUT2D eigenvalue weighted by molar-refractivity contribution is 7.80. The van der Waals surface area contributed by atoms with Crippen LogP contribution in [0, 0.1) is 11.3 Å². The van der Waals surface area contributed by atoms with Gasteiger partial charge in [-0.3, -0.25) is 0 Å². The number of thiol groups is 1. The SMILES string of the molecule is CC=CCC(CS)(C/C=C\C)C(C)CC. The van der Waals surface area contributed by atoms with Crippen molar-refractivity contribution in [1.82, 2.24) is 0 Å². The molecular formula is C14H26S. The largest absolute Gasteiger partial charge is 0.179 e. The van der Waals surface area contributed by atoms with Gasteiger partial charge in [-0.2, -0.15) is 12.6 Å². The van der Waals surface area contributed by atoms with Crippen molar-refractivity contribution < 1.29 is 0 Å². The minimum absolute atomic E-state index is 0.344. The molecule has 0 fully saturated rings. The van der Waals surface area contributed by atoms with Crippen LogP contribution in [0.25, 0.3) is 0 Å². The van der Waals surface area contributed by atoms with Gasteiger partial charge in [0.05, 0.1) is 0 Å². The van der Waals surface area contributed by atoms with Gasteiger partial charge in [-0.05, 0) is 43.8 Å². The van der Waals surface area contributed by atoms with Crippen molar-refractivity contribution in [2.24, 2.45) is 11.3 Å². The highest BCUT2D eigenvalue weighted by atomic mass is 32.1. The Kier molecular flexibility index (Phi) is 7.95. The molecule has 0 saturated carbocycles. The molecular weight excluding hydrogens is 200 g/mol. The lowest BCUT2D eigenvalue weighted by Gasteiger charge is -2.36. The fourth-order valence-electron chi connectivity index (χ4n) is 1.91. The van der Waals surface area contributed by atoms with E-state index in [9.17, 15) is 0 Å². The van der Waals surface area contributed by atoms with Crippen LogP contribution >= 0.6 is 12.6 Å². The summed E-state index contributed by atoms with van der Waals surface area (Å²) in [7, 11) is 0. The van der Waals surface area contributed by atoms with Gasteiger partial charge in [-0.15, -0.1) is 0 Å². The lowest BCUT2D eigenvalue weighted by Crippen LogP contribution is -2.29. The third kappa shape index (κ3) is 4.46. The molecule has 88 valence electrons. The summed E-state index contributed by atoms with van der Waals surface area (Å²) < 4.78 is 0. The second-order valence-corrected chi connectivity index (χ2v) is 4.69. The highest BCUT2D eigenvalue weighted by Crippen LogP contribution is 2.39. The molecule has 0 radical (unpaired) electrons. The van der Waals surface area contributed by atoms with Gasteiger partial charge in [0.1, 0.15) is 0 Å². The molecule has 0 aliphatic rings. The standard InChI is InChI=1S/C14H26S/c1-5-8-10-14(12-15,11-9-6-2)13(4)7-3/h5-6,8-9,13,15H,7,10-12H2,1-4H3/b8-5-,9-6?. The molecule has 0 aliphatic heterocycles. The van der Waals surface area contributed by atoms with Crippen LogP contribution in [0.3, 0.4) is 0 Å². The zero-order chi connectivity index (χ0) is 11.7. The molecule has 0 N–H and O–H groups in total. The van der Waals surface area contributed by atoms with E-state index in [-0.39, 0.29) is 0 Å². The van der Waals surface area contributed by atoms with Gasteiger partial charge < -0.3 is 0 Å². The average molecular weight is 226 g/mol. The number of allylic oxidation sites excluding steroid dienone is 4. The van der Waals surface area contributed by atoms with Gasteiger partial charge in [-0.25, -0.2) is 0 Å². The lowest BCUT2D eigenvalue weighted by atomic mass is 9.71. The molecule has 15 heavy (non-hydrogen) atoms. The molecule has 0 aliphatic carbocycles.